The van der Waals surface area contributed by atoms with E-state index in [1.165, 1.54) is 12.3 Å². The highest BCUT2D eigenvalue weighted by molar-refractivity contribution is 6.03. The molecule has 0 aliphatic carbocycles. The highest BCUT2D eigenvalue weighted by atomic mass is 16.3. The molecule has 2 heterocycles. The highest BCUT2D eigenvalue weighted by Crippen LogP contribution is 2.15. The van der Waals surface area contributed by atoms with Crippen LogP contribution in [-0.4, -0.2) is 16.8 Å². The van der Waals surface area contributed by atoms with Crippen molar-refractivity contribution in [3.8, 4) is 0 Å². The predicted molar refractivity (Wildman–Crippen MR) is 95.0 cm³/mol. The quantitative estimate of drug-likeness (QED) is 0.699. The molecule has 0 atom stereocenters. The second kappa shape index (κ2) is 7.74. The molecule has 0 radical (unpaired) electrons. The summed E-state index contributed by atoms with van der Waals surface area (Å²) < 4.78 is 5.03. The van der Waals surface area contributed by atoms with Crippen molar-refractivity contribution in [1.29, 1.82) is 0 Å². The second-order valence-electron chi connectivity index (χ2n) is 5.09. The predicted octanol–water partition coefficient (Wildman–Crippen LogP) is 3.58. The second-order valence-corrected chi connectivity index (χ2v) is 5.09. The van der Waals surface area contributed by atoms with Gasteiger partial charge in [0, 0.05) is 23.6 Å². The van der Waals surface area contributed by atoms with E-state index in [0.29, 0.717) is 17.1 Å². The first-order valence-corrected chi connectivity index (χ1v) is 7.56. The summed E-state index contributed by atoms with van der Waals surface area (Å²) in [6.07, 6.45) is 6.14. The summed E-state index contributed by atoms with van der Waals surface area (Å²) in [6, 6.07) is 15.5. The Bertz CT molecular complexity index is 870. The van der Waals surface area contributed by atoms with Crippen LogP contribution in [0.3, 0.4) is 0 Å². The normalized spacial score (nSPS) is 10.6. The van der Waals surface area contributed by atoms with Gasteiger partial charge in [0.1, 0.15) is 0 Å². The summed E-state index contributed by atoms with van der Waals surface area (Å²) in [6.45, 7) is 0. The standard InChI is InChI=1S/C19H15N3O3/c23-18(11-10-14-4-1-2-12-20-14)21-15-6-8-16(9-7-15)22-19(24)17-5-3-13-25-17/h1-13H,(H,21,23)(H,22,24)/b11-10+. The minimum atomic E-state index is -0.333. The molecule has 6 heteroatoms. The third-order valence-electron chi connectivity index (χ3n) is 3.25. The number of carbonyl (C=O) groups is 2. The lowest BCUT2D eigenvalue weighted by Gasteiger charge is -2.06. The van der Waals surface area contributed by atoms with E-state index in [2.05, 4.69) is 15.6 Å². The minimum Gasteiger partial charge on any atom is -0.459 e. The van der Waals surface area contributed by atoms with E-state index < -0.39 is 0 Å². The molecule has 2 aromatic heterocycles. The van der Waals surface area contributed by atoms with E-state index in [-0.39, 0.29) is 17.6 Å². The highest BCUT2D eigenvalue weighted by Gasteiger charge is 2.08. The SMILES string of the molecule is O=C(/C=C/c1ccccn1)Nc1ccc(NC(=O)c2ccco2)cc1. The topological polar surface area (TPSA) is 84.2 Å². The first kappa shape index (κ1) is 16.2. The maximum Gasteiger partial charge on any atom is 0.291 e. The fourth-order valence-corrected chi connectivity index (χ4v) is 2.06. The van der Waals surface area contributed by atoms with Crippen molar-refractivity contribution in [2.24, 2.45) is 0 Å². The molecule has 2 N–H and O–H groups in total. The van der Waals surface area contributed by atoms with Gasteiger partial charge in [-0.2, -0.15) is 0 Å². The molecular weight excluding hydrogens is 318 g/mol. The number of amides is 2. The smallest absolute Gasteiger partial charge is 0.291 e. The zero-order valence-corrected chi connectivity index (χ0v) is 13.2. The molecule has 3 aromatic rings. The lowest BCUT2D eigenvalue weighted by molar-refractivity contribution is -0.111. The molecule has 1 aromatic carbocycles. The number of rotatable bonds is 5. The van der Waals surface area contributed by atoms with Crippen molar-refractivity contribution in [2.45, 2.75) is 0 Å². The van der Waals surface area contributed by atoms with Crippen LogP contribution in [-0.2, 0) is 4.79 Å². The van der Waals surface area contributed by atoms with Crippen molar-refractivity contribution in [3.63, 3.8) is 0 Å². The molecule has 0 aliphatic rings. The van der Waals surface area contributed by atoms with Crippen molar-refractivity contribution >= 4 is 29.3 Å². The number of benzene rings is 1. The van der Waals surface area contributed by atoms with Gasteiger partial charge in [0.15, 0.2) is 5.76 Å². The van der Waals surface area contributed by atoms with Crippen molar-refractivity contribution < 1.29 is 14.0 Å². The number of hydrogen-bond acceptors (Lipinski definition) is 4. The molecule has 0 aliphatic heterocycles. The van der Waals surface area contributed by atoms with E-state index >= 15 is 0 Å². The molecule has 0 saturated heterocycles. The molecule has 25 heavy (non-hydrogen) atoms. The molecule has 6 nitrogen and oxygen atoms in total. The maximum absolute atomic E-state index is 11.9. The summed E-state index contributed by atoms with van der Waals surface area (Å²) in [4.78, 5) is 27.9. The number of pyridine rings is 1. The van der Waals surface area contributed by atoms with Crippen molar-refractivity contribution in [3.05, 3.63) is 84.6 Å². The van der Waals surface area contributed by atoms with Crippen LogP contribution in [0.2, 0.25) is 0 Å². The summed E-state index contributed by atoms with van der Waals surface area (Å²) in [5.74, 6) is -0.366. The average molecular weight is 333 g/mol. The maximum atomic E-state index is 11.9. The van der Waals surface area contributed by atoms with Gasteiger partial charge in [0.05, 0.1) is 12.0 Å². The van der Waals surface area contributed by atoms with Gasteiger partial charge < -0.3 is 15.1 Å². The number of furan rings is 1. The van der Waals surface area contributed by atoms with E-state index in [4.69, 9.17) is 4.42 Å². The summed E-state index contributed by atoms with van der Waals surface area (Å²) in [5, 5.41) is 5.44. The monoisotopic (exact) mass is 333 g/mol. The van der Waals surface area contributed by atoms with Crippen LogP contribution in [0.25, 0.3) is 6.08 Å². The van der Waals surface area contributed by atoms with Gasteiger partial charge >= 0.3 is 0 Å². The molecule has 0 bridgehead atoms. The third-order valence-corrected chi connectivity index (χ3v) is 3.25. The zero-order chi connectivity index (χ0) is 17.5. The van der Waals surface area contributed by atoms with Gasteiger partial charge in [-0.25, -0.2) is 0 Å². The Hall–Kier alpha value is -3.67. The van der Waals surface area contributed by atoms with Crippen LogP contribution in [0, 0.1) is 0 Å². The summed E-state index contributed by atoms with van der Waals surface area (Å²) in [7, 11) is 0. The fourth-order valence-electron chi connectivity index (χ4n) is 2.06. The van der Waals surface area contributed by atoms with Crippen LogP contribution < -0.4 is 10.6 Å². The first-order valence-electron chi connectivity index (χ1n) is 7.56. The van der Waals surface area contributed by atoms with E-state index in [0.717, 1.165) is 0 Å². The van der Waals surface area contributed by atoms with E-state index in [1.807, 2.05) is 12.1 Å². The summed E-state index contributed by atoms with van der Waals surface area (Å²) in [5.41, 5.74) is 1.92. The number of hydrogen-bond donors (Lipinski definition) is 2. The van der Waals surface area contributed by atoms with Gasteiger partial charge in [-0.15, -0.1) is 0 Å². The average Bonchev–Trinajstić information content (AvgIpc) is 3.17. The summed E-state index contributed by atoms with van der Waals surface area (Å²) >= 11 is 0. The largest absolute Gasteiger partial charge is 0.459 e. The van der Waals surface area contributed by atoms with E-state index in [1.54, 1.807) is 54.7 Å². The minimum absolute atomic E-state index is 0.233. The molecule has 0 saturated carbocycles. The van der Waals surface area contributed by atoms with Crippen LogP contribution in [0.15, 0.2) is 77.6 Å². The Morgan fingerprint density at radius 3 is 2.32 bits per heavy atom. The lowest BCUT2D eigenvalue weighted by atomic mass is 10.2. The van der Waals surface area contributed by atoms with Crippen LogP contribution in [0.5, 0.6) is 0 Å². The Morgan fingerprint density at radius 2 is 1.68 bits per heavy atom. The van der Waals surface area contributed by atoms with Gasteiger partial charge in [0.25, 0.3) is 5.91 Å². The number of nitrogens with zero attached hydrogens (tertiary/aromatic N) is 1. The van der Waals surface area contributed by atoms with Crippen molar-refractivity contribution in [1.82, 2.24) is 4.98 Å². The molecule has 3 rings (SSSR count). The number of carbonyl (C=O) groups excluding carboxylic acids is 2. The lowest BCUT2D eigenvalue weighted by Crippen LogP contribution is -2.11. The Labute approximate surface area is 144 Å². The molecule has 0 unspecified atom stereocenters. The Morgan fingerprint density at radius 1 is 0.920 bits per heavy atom. The zero-order valence-electron chi connectivity index (χ0n) is 13.2. The number of nitrogens with one attached hydrogen (secondary N) is 2. The van der Waals surface area contributed by atoms with Crippen LogP contribution >= 0.6 is 0 Å². The Balaban J connectivity index is 1.56. The fraction of sp³-hybridized carbons (Fsp3) is 0. The van der Waals surface area contributed by atoms with Crippen molar-refractivity contribution in [2.75, 3.05) is 10.6 Å². The third kappa shape index (κ3) is 4.65. The molecular formula is C19H15N3O3. The molecule has 2 amide bonds. The number of anilines is 2. The Kier molecular flexibility index (Phi) is 5.01. The molecule has 0 spiro atoms. The van der Waals surface area contributed by atoms with Gasteiger partial charge in [-0.3, -0.25) is 14.6 Å². The molecule has 0 fully saturated rings. The van der Waals surface area contributed by atoms with Crippen LogP contribution in [0.1, 0.15) is 16.2 Å². The number of aromatic nitrogens is 1. The van der Waals surface area contributed by atoms with Gasteiger partial charge in [-0.1, -0.05) is 6.07 Å². The van der Waals surface area contributed by atoms with Crippen LogP contribution in [0.4, 0.5) is 11.4 Å². The van der Waals surface area contributed by atoms with Gasteiger partial charge in [0.2, 0.25) is 5.91 Å². The van der Waals surface area contributed by atoms with Gasteiger partial charge in [-0.05, 0) is 54.6 Å². The first-order chi connectivity index (χ1) is 12.2. The van der Waals surface area contributed by atoms with E-state index in [9.17, 15) is 9.59 Å². The molecule has 124 valence electrons.